The van der Waals surface area contributed by atoms with E-state index in [0.717, 1.165) is 16.9 Å². The minimum absolute atomic E-state index is 0.533. The van der Waals surface area contributed by atoms with Crippen molar-refractivity contribution >= 4 is 28.5 Å². The Hall–Kier alpha value is -1.94. The minimum atomic E-state index is -1.22. The van der Waals surface area contributed by atoms with Crippen LogP contribution in [0.2, 0.25) is 0 Å². The summed E-state index contributed by atoms with van der Waals surface area (Å²) in [4.78, 5) is 12.4. The van der Waals surface area contributed by atoms with E-state index >= 15 is 0 Å². The fraction of sp³-hybridized carbons (Fsp3) is 0. The van der Waals surface area contributed by atoms with E-state index in [-0.39, 0.29) is 0 Å². The average molecular weight is 243 g/mol. The smallest absolute Gasteiger partial charge is 0.152 e. The first-order valence-corrected chi connectivity index (χ1v) is 6.32. The molecule has 0 spiro atoms. The second-order valence-corrected chi connectivity index (χ2v) is 5.15. The third-order valence-corrected chi connectivity index (χ3v) is 4.23. The third-order valence-electron chi connectivity index (χ3n) is 2.73. The summed E-state index contributed by atoms with van der Waals surface area (Å²) in [7, 11) is -1.22. The van der Waals surface area contributed by atoms with Crippen LogP contribution in [0.5, 0.6) is 0 Å². The van der Waals surface area contributed by atoms with Gasteiger partial charge in [-0.15, -0.1) is 0 Å². The van der Waals surface area contributed by atoms with Crippen molar-refractivity contribution in [3.8, 4) is 0 Å². The van der Waals surface area contributed by atoms with E-state index in [1.807, 2.05) is 24.3 Å². The van der Waals surface area contributed by atoms with Crippen LogP contribution in [-0.2, 0) is 10.8 Å². The van der Waals surface area contributed by atoms with E-state index in [4.69, 9.17) is 0 Å². The van der Waals surface area contributed by atoms with Gasteiger partial charge < -0.3 is 5.32 Å². The maximum absolute atomic E-state index is 12.3. The molecule has 0 aromatic heterocycles. The van der Waals surface area contributed by atoms with E-state index in [9.17, 15) is 9.00 Å². The Bertz CT molecular complexity index is 637. The summed E-state index contributed by atoms with van der Waals surface area (Å²) >= 11 is 0. The second-order valence-electron chi connectivity index (χ2n) is 3.73. The summed E-state index contributed by atoms with van der Waals surface area (Å²) in [6.07, 6.45) is 0.775. The van der Waals surface area contributed by atoms with Gasteiger partial charge in [0.2, 0.25) is 0 Å². The van der Waals surface area contributed by atoms with Gasteiger partial charge in [-0.3, -0.25) is 4.79 Å². The molecule has 4 heteroatoms. The second kappa shape index (κ2) is 3.82. The predicted octanol–water partition coefficient (Wildman–Crippen LogP) is 2.72. The number of hydrogen-bond acceptors (Lipinski definition) is 3. The van der Waals surface area contributed by atoms with Crippen LogP contribution in [0.25, 0.3) is 0 Å². The maximum atomic E-state index is 12.3. The molecule has 17 heavy (non-hydrogen) atoms. The van der Waals surface area contributed by atoms with Crippen LogP contribution in [0.3, 0.4) is 0 Å². The Labute approximate surface area is 101 Å². The van der Waals surface area contributed by atoms with E-state index in [2.05, 4.69) is 5.32 Å². The van der Waals surface area contributed by atoms with E-state index in [0.29, 0.717) is 16.1 Å². The number of para-hydroxylation sites is 2. The molecule has 0 fully saturated rings. The molecule has 0 amide bonds. The molecule has 0 bridgehead atoms. The molecule has 1 aliphatic rings. The summed E-state index contributed by atoms with van der Waals surface area (Å²) in [6.45, 7) is 0. The lowest BCUT2D eigenvalue weighted by Crippen LogP contribution is -2.10. The molecule has 0 radical (unpaired) electrons. The quantitative estimate of drug-likeness (QED) is 0.668. The Morgan fingerprint density at radius 2 is 1.76 bits per heavy atom. The highest BCUT2D eigenvalue weighted by Crippen LogP contribution is 2.37. The van der Waals surface area contributed by atoms with Crippen molar-refractivity contribution in [2.24, 2.45) is 0 Å². The van der Waals surface area contributed by atoms with E-state index in [1.165, 1.54) is 0 Å². The van der Waals surface area contributed by atoms with Crippen molar-refractivity contribution in [2.75, 3.05) is 5.32 Å². The normalized spacial score (nSPS) is 16.6. The molecule has 0 saturated carbocycles. The average Bonchev–Trinajstić information content (AvgIpc) is 2.38. The van der Waals surface area contributed by atoms with E-state index < -0.39 is 10.8 Å². The molecule has 1 heterocycles. The molecule has 84 valence electrons. The number of benzene rings is 2. The monoisotopic (exact) mass is 243 g/mol. The molecule has 3 rings (SSSR count). The zero-order chi connectivity index (χ0) is 11.8. The largest absolute Gasteiger partial charge is 0.353 e. The Kier molecular flexibility index (Phi) is 2.30. The first kappa shape index (κ1) is 10.2. The summed E-state index contributed by atoms with van der Waals surface area (Å²) in [5.74, 6) is 0. The zero-order valence-corrected chi connectivity index (χ0v) is 9.66. The molecule has 2 aromatic carbocycles. The molecule has 1 unspecified atom stereocenters. The van der Waals surface area contributed by atoms with Crippen LogP contribution >= 0.6 is 0 Å². The highest BCUT2D eigenvalue weighted by Gasteiger charge is 2.23. The lowest BCUT2D eigenvalue weighted by Gasteiger charge is -2.21. The standard InChI is InChI=1S/C13H9NO2S/c15-8-9-4-3-7-12-13(9)14-10-5-1-2-6-11(10)17(12)16/h1-8,14H. The van der Waals surface area contributed by atoms with Crippen molar-refractivity contribution in [3.63, 3.8) is 0 Å². The molecular formula is C13H9NO2S. The fourth-order valence-electron chi connectivity index (χ4n) is 1.92. The van der Waals surface area contributed by atoms with Crippen LogP contribution in [0.1, 0.15) is 10.4 Å². The molecule has 1 N–H and O–H groups in total. The van der Waals surface area contributed by atoms with Crippen LogP contribution in [0.4, 0.5) is 11.4 Å². The number of aldehydes is 1. The lowest BCUT2D eigenvalue weighted by molar-refractivity contribution is 0.112. The molecule has 1 atom stereocenters. The van der Waals surface area contributed by atoms with Gasteiger partial charge in [0, 0.05) is 5.56 Å². The first-order chi connectivity index (χ1) is 8.31. The van der Waals surface area contributed by atoms with Gasteiger partial charge in [-0.2, -0.15) is 0 Å². The van der Waals surface area contributed by atoms with Crippen molar-refractivity contribution in [1.29, 1.82) is 0 Å². The summed E-state index contributed by atoms with van der Waals surface area (Å²) in [6, 6.07) is 12.7. The Morgan fingerprint density at radius 1 is 1.00 bits per heavy atom. The van der Waals surface area contributed by atoms with Crippen molar-refractivity contribution in [2.45, 2.75) is 9.79 Å². The number of hydrogen-bond donors (Lipinski definition) is 1. The Balaban J connectivity index is 2.26. The van der Waals surface area contributed by atoms with Crippen LogP contribution < -0.4 is 5.32 Å². The van der Waals surface area contributed by atoms with Crippen LogP contribution in [0.15, 0.2) is 52.3 Å². The summed E-state index contributed by atoms with van der Waals surface area (Å²) < 4.78 is 12.3. The number of carbonyl (C=O) groups excluding carboxylic acids is 1. The van der Waals surface area contributed by atoms with Gasteiger partial charge in [0.25, 0.3) is 0 Å². The van der Waals surface area contributed by atoms with Gasteiger partial charge in [-0.25, -0.2) is 4.21 Å². The van der Waals surface area contributed by atoms with Crippen molar-refractivity contribution in [1.82, 2.24) is 0 Å². The highest BCUT2D eigenvalue weighted by atomic mass is 32.2. The van der Waals surface area contributed by atoms with Crippen LogP contribution in [0, 0.1) is 0 Å². The molecule has 2 aromatic rings. The molecular weight excluding hydrogens is 234 g/mol. The van der Waals surface area contributed by atoms with Gasteiger partial charge in [-0.1, -0.05) is 18.2 Å². The fourth-order valence-corrected chi connectivity index (χ4v) is 3.23. The zero-order valence-electron chi connectivity index (χ0n) is 8.84. The van der Waals surface area contributed by atoms with E-state index in [1.54, 1.807) is 18.2 Å². The number of anilines is 2. The van der Waals surface area contributed by atoms with Crippen molar-refractivity contribution < 1.29 is 9.00 Å². The number of nitrogens with one attached hydrogen (secondary N) is 1. The lowest BCUT2D eigenvalue weighted by atomic mass is 10.2. The first-order valence-electron chi connectivity index (χ1n) is 5.17. The summed E-state index contributed by atoms with van der Waals surface area (Å²) in [5, 5.41) is 3.17. The van der Waals surface area contributed by atoms with Gasteiger partial charge in [0.05, 0.1) is 32.0 Å². The highest BCUT2D eigenvalue weighted by molar-refractivity contribution is 7.85. The number of rotatable bonds is 1. The Morgan fingerprint density at radius 3 is 2.59 bits per heavy atom. The predicted molar refractivity (Wildman–Crippen MR) is 66.2 cm³/mol. The molecule has 3 nitrogen and oxygen atoms in total. The number of carbonyl (C=O) groups is 1. The third kappa shape index (κ3) is 1.49. The summed E-state index contributed by atoms with van der Waals surface area (Å²) in [5.41, 5.74) is 1.98. The van der Waals surface area contributed by atoms with Gasteiger partial charge in [0.1, 0.15) is 0 Å². The van der Waals surface area contributed by atoms with Crippen LogP contribution in [-0.4, -0.2) is 10.5 Å². The van der Waals surface area contributed by atoms with Crippen molar-refractivity contribution in [3.05, 3.63) is 48.0 Å². The van der Waals surface area contributed by atoms with Gasteiger partial charge in [0.15, 0.2) is 6.29 Å². The maximum Gasteiger partial charge on any atom is 0.152 e. The molecule has 0 saturated heterocycles. The minimum Gasteiger partial charge on any atom is -0.353 e. The van der Waals surface area contributed by atoms with Gasteiger partial charge >= 0.3 is 0 Å². The molecule has 0 aliphatic carbocycles. The van der Waals surface area contributed by atoms with Gasteiger partial charge in [-0.05, 0) is 24.3 Å². The molecule has 1 aliphatic heterocycles. The topological polar surface area (TPSA) is 46.2 Å². The SMILES string of the molecule is O=Cc1cccc2c1Nc1ccccc1S2=O. The number of fused-ring (bicyclic) bond motifs is 2.